The zero-order valence-corrected chi connectivity index (χ0v) is 9.67. The van der Waals surface area contributed by atoms with Crippen LogP contribution < -0.4 is 0 Å². The van der Waals surface area contributed by atoms with Crippen LogP contribution in [0.15, 0.2) is 12.7 Å². The average Bonchev–Trinajstić information content (AvgIpc) is 2.18. The molecule has 0 heterocycles. The first-order chi connectivity index (χ1) is 7.10. The molecule has 0 aromatic rings. The molecule has 1 fully saturated rings. The highest BCUT2D eigenvalue weighted by Gasteiger charge is 2.40. The summed E-state index contributed by atoms with van der Waals surface area (Å²) in [5.41, 5.74) is -0.430. The summed E-state index contributed by atoms with van der Waals surface area (Å²) in [6.07, 6.45) is 8.58. The monoisotopic (exact) mass is 210 g/mol. The van der Waals surface area contributed by atoms with Crippen molar-refractivity contribution in [2.24, 2.45) is 11.3 Å². The molecule has 1 N–H and O–H groups in total. The molecule has 86 valence electrons. The molecule has 1 rings (SSSR count). The molecule has 0 bridgehead atoms. The van der Waals surface area contributed by atoms with Crippen LogP contribution in [0.25, 0.3) is 0 Å². The molecule has 0 saturated heterocycles. The van der Waals surface area contributed by atoms with E-state index in [1.807, 2.05) is 6.08 Å². The summed E-state index contributed by atoms with van der Waals surface area (Å²) in [5, 5.41) is 9.38. The predicted molar refractivity (Wildman–Crippen MR) is 61.7 cm³/mol. The molecule has 2 nitrogen and oxygen atoms in total. The van der Waals surface area contributed by atoms with Crippen LogP contribution in [0.2, 0.25) is 0 Å². The van der Waals surface area contributed by atoms with Crippen molar-refractivity contribution in [1.29, 1.82) is 0 Å². The maximum absolute atomic E-state index is 11.4. The molecule has 0 aromatic heterocycles. The van der Waals surface area contributed by atoms with E-state index in [2.05, 4.69) is 13.5 Å². The van der Waals surface area contributed by atoms with E-state index in [0.29, 0.717) is 5.92 Å². The van der Waals surface area contributed by atoms with Crippen molar-refractivity contribution in [3.63, 3.8) is 0 Å². The van der Waals surface area contributed by atoms with E-state index >= 15 is 0 Å². The Morgan fingerprint density at radius 2 is 2.40 bits per heavy atom. The van der Waals surface area contributed by atoms with Gasteiger partial charge in [0.2, 0.25) is 0 Å². The van der Waals surface area contributed by atoms with E-state index in [-0.39, 0.29) is 0 Å². The van der Waals surface area contributed by atoms with Crippen LogP contribution in [0.4, 0.5) is 0 Å². The molecule has 2 unspecified atom stereocenters. The molecule has 2 heteroatoms. The highest BCUT2D eigenvalue weighted by molar-refractivity contribution is 5.74. The van der Waals surface area contributed by atoms with Crippen LogP contribution >= 0.6 is 0 Å². The van der Waals surface area contributed by atoms with Gasteiger partial charge in [0.05, 0.1) is 5.41 Å². The number of allylic oxidation sites excluding steroid dienone is 1. The van der Waals surface area contributed by atoms with Gasteiger partial charge in [-0.1, -0.05) is 25.8 Å². The SMILES string of the molecule is C=CCCCC1(C(=O)O)CCCC(C)C1. The second-order valence-electron chi connectivity index (χ2n) is 4.97. The third kappa shape index (κ3) is 3.08. The van der Waals surface area contributed by atoms with Gasteiger partial charge in [-0.2, -0.15) is 0 Å². The van der Waals surface area contributed by atoms with Gasteiger partial charge in [0.25, 0.3) is 0 Å². The van der Waals surface area contributed by atoms with Gasteiger partial charge in [0, 0.05) is 0 Å². The van der Waals surface area contributed by atoms with Gasteiger partial charge in [0.1, 0.15) is 0 Å². The molecule has 0 aromatic carbocycles. The van der Waals surface area contributed by atoms with E-state index in [1.165, 1.54) is 6.42 Å². The molecular weight excluding hydrogens is 188 g/mol. The fourth-order valence-corrected chi connectivity index (χ4v) is 2.77. The third-order valence-electron chi connectivity index (χ3n) is 3.61. The lowest BCUT2D eigenvalue weighted by molar-refractivity contribution is -0.152. The normalized spacial score (nSPS) is 31.1. The Kier molecular flexibility index (Phi) is 4.37. The number of rotatable bonds is 5. The maximum atomic E-state index is 11.4. The topological polar surface area (TPSA) is 37.3 Å². The van der Waals surface area contributed by atoms with Gasteiger partial charge in [-0.3, -0.25) is 4.79 Å². The molecule has 0 spiro atoms. The van der Waals surface area contributed by atoms with Crippen LogP contribution in [0.3, 0.4) is 0 Å². The largest absolute Gasteiger partial charge is 0.481 e. The fourth-order valence-electron chi connectivity index (χ4n) is 2.77. The number of hydrogen-bond donors (Lipinski definition) is 1. The minimum atomic E-state index is -0.585. The summed E-state index contributed by atoms with van der Waals surface area (Å²) >= 11 is 0. The minimum absolute atomic E-state index is 0.430. The lowest BCUT2D eigenvalue weighted by Gasteiger charge is -2.36. The quantitative estimate of drug-likeness (QED) is 0.556. The van der Waals surface area contributed by atoms with Gasteiger partial charge in [-0.15, -0.1) is 6.58 Å². The summed E-state index contributed by atoms with van der Waals surface area (Å²) < 4.78 is 0. The highest BCUT2D eigenvalue weighted by Crippen LogP contribution is 2.43. The zero-order chi connectivity index (χ0) is 11.3. The molecule has 1 saturated carbocycles. The second-order valence-corrected chi connectivity index (χ2v) is 4.97. The van der Waals surface area contributed by atoms with Gasteiger partial charge < -0.3 is 5.11 Å². The van der Waals surface area contributed by atoms with E-state index in [1.54, 1.807) is 0 Å². The van der Waals surface area contributed by atoms with E-state index in [4.69, 9.17) is 0 Å². The summed E-state index contributed by atoms with van der Waals surface area (Å²) in [6, 6.07) is 0. The Labute approximate surface area is 92.4 Å². The number of hydrogen-bond acceptors (Lipinski definition) is 1. The average molecular weight is 210 g/mol. The molecule has 0 radical (unpaired) electrons. The summed E-state index contributed by atoms with van der Waals surface area (Å²) in [4.78, 5) is 11.4. The van der Waals surface area contributed by atoms with Crippen molar-refractivity contribution in [3.8, 4) is 0 Å². The second kappa shape index (κ2) is 5.34. The molecule has 1 aliphatic carbocycles. The lowest BCUT2D eigenvalue weighted by atomic mass is 9.67. The standard InChI is InChI=1S/C13H22O2/c1-3-4-5-8-13(12(14)15)9-6-7-11(2)10-13/h3,11H,1,4-10H2,2H3,(H,14,15). The summed E-state index contributed by atoms with van der Waals surface area (Å²) in [5.74, 6) is -0.0170. The minimum Gasteiger partial charge on any atom is -0.481 e. The highest BCUT2D eigenvalue weighted by atomic mass is 16.4. The Morgan fingerprint density at radius 3 is 2.93 bits per heavy atom. The van der Waals surface area contributed by atoms with Crippen molar-refractivity contribution < 1.29 is 9.90 Å². The molecular formula is C13H22O2. The number of aliphatic carboxylic acids is 1. The number of carbonyl (C=O) groups is 1. The lowest BCUT2D eigenvalue weighted by Crippen LogP contribution is -2.35. The molecule has 0 aliphatic heterocycles. The van der Waals surface area contributed by atoms with E-state index < -0.39 is 11.4 Å². The first-order valence-corrected chi connectivity index (χ1v) is 5.95. The molecule has 2 atom stereocenters. The van der Waals surface area contributed by atoms with E-state index in [0.717, 1.165) is 38.5 Å². The Hall–Kier alpha value is -0.790. The van der Waals surface area contributed by atoms with Crippen molar-refractivity contribution in [2.75, 3.05) is 0 Å². The summed E-state index contributed by atoms with van der Waals surface area (Å²) in [7, 11) is 0. The molecule has 0 amide bonds. The van der Waals surface area contributed by atoms with E-state index in [9.17, 15) is 9.90 Å². The maximum Gasteiger partial charge on any atom is 0.309 e. The number of unbranched alkanes of at least 4 members (excludes halogenated alkanes) is 1. The Bertz CT molecular complexity index is 235. The van der Waals surface area contributed by atoms with Gasteiger partial charge >= 0.3 is 5.97 Å². The summed E-state index contributed by atoms with van der Waals surface area (Å²) in [6.45, 7) is 5.85. The van der Waals surface area contributed by atoms with Crippen LogP contribution in [0, 0.1) is 11.3 Å². The van der Waals surface area contributed by atoms with Gasteiger partial charge in [-0.25, -0.2) is 0 Å². The van der Waals surface area contributed by atoms with Crippen LogP contribution in [-0.4, -0.2) is 11.1 Å². The van der Waals surface area contributed by atoms with Crippen LogP contribution in [0.1, 0.15) is 51.9 Å². The van der Waals surface area contributed by atoms with Crippen LogP contribution in [0.5, 0.6) is 0 Å². The first-order valence-electron chi connectivity index (χ1n) is 5.95. The van der Waals surface area contributed by atoms with Gasteiger partial charge in [-0.05, 0) is 38.0 Å². The first kappa shape index (κ1) is 12.3. The van der Waals surface area contributed by atoms with Gasteiger partial charge in [0.15, 0.2) is 0 Å². The smallest absolute Gasteiger partial charge is 0.309 e. The molecule has 15 heavy (non-hydrogen) atoms. The van der Waals surface area contributed by atoms with Crippen LogP contribution in [-0.2, 0) is 4.79 Å². The van der Waals surface area contributed by atoms with Crippen molar-refractivity contribution in [1.82, 2.24) is 0 Å². The zero-order valence-electron chi connectivity index (χ0n) is 9.67. The number of carboxylic acid groups (broad SMARTS) is 1. The fraction of sp³-hybridized carbons (Fsp3) is 0.769. The Morgan fingerprint density at radius 1 is 1.67 bits per heavy atom. The Balaban J connectivity index is 2.60. The third-order valence-corrected chi connectivity index (χ3v) is 3.61. The van der Waals surface area contributed by atoms with Crippen molar-refractivity contribution in [2.45, 2.75) is 51.9 Å². The molecule has 1 aliphatic rings. The number of carboxylic acids is 1. The van der Waals surface area contributed by atoms with Crippen molar-refractivity contribution in [3.05, 3.63) is 12.7 Å². The van der Waals surface area contributed by atoms with Crippen molar-refractivity contribution >= 4 is 5.97 Å². The predicted octanol–water partition coefficient (Wildman–Crippen LogP) is 3.62.